The van der Waals surface area contributed by atoms with Crippen molar-refractivity contribution in [2.24, 2.45) is 0 Å². The third kappa shape index (κ3) is 4.53. The zero-order valence-electron chi connectivity index (χ0n) is 14.4. The third-order valence-electron chi connectivity index (χ3n) is 4.71. The van der Waals surface area contributed by atoms with Crippen molar-refractivity contribution >= 4 is 13.9 Å². The molecule has 1 aromatic rings. The maximum absolute atomic E-state index is 12.9. The van der Waals surface area contributed by atoms with E-state index >= 15 is 0 Å². The molecule has 1 unspecified atom stereocenters. The minimum atomic E-state index is -1.08. The van der Waals surface area contributed by atoms with Crippen LogP contribution in [0.2, 0.25) is 25.7 Å². The average molecular weight is 319 g/mol. The second kappa shape index (κ2) is 7.56. The number of hydrogen-bond acceptors (Lipinski definition) is 2. The summed E-state index contributed by atoms with van der Waals surface area (Å²) in [4.78, 5) is 12.9. The molecule has 1 aliphatic rings. The Morgan fingerprint density at radius 2 is 1.82 bits per heavy atom. The zero-order valence-corrected chi connectivity index (χ0v) is 15.4. The SMILES string of the molecule is C[Si](C)(C)CCOCC1(c2ccccc2)CCCCCC1=O. The van der Waals surface area contributed by atoms with Crippen LogP contribution in [0.5, 0.6) is 0 Å². The van der Waals surface area contributed by atoms with Gasteiger partial charge < -0.3 is 4.74 Å². The first-order valence-corrected chi connectivity index (χ1v) is 12.3. The summed E-state index contributed by atoms with van der Waals surface area (Å²) in [5.74, 6) is 0.379. The van der Waals surface area contributed by atoms with Crippen LogP contribution in [0.4, 0.5) is 0 Å². The first-order valence-electron chi connectivity index (χ1n) is 8.61. The third-order valence-corrected chi connectivity index (χ3v) is 6.42. The van der Waals surface area contributed by atoms with E-state index in [1.165, 1.54) is 0 Å². The van der Waals surface area contributed by atoms with Crippen molar-refractivity contribution in [1.29, 1.82) is 0 Å². The van der Waals surface area contributed by atoms with Gasteiger partial charge in [-0.25, -0.2) is 0 Å². The topological polar surface area (TPSA) is 26.3 Å². The Hall–Kier alpha value is -0.933. The molecule has 1 fully saturated rings. The van der Waals surface area contributed by atoms with Gasteiger partial charge in [-0.1, -0.05) is 62.8 Å². The van der Waals surface area contributed by atoms with Crippen molar-refractivity contribution in [3.05, 3.63) is 35.9 Å². The number of ether oxygens (including phenoxy) is 1. The van der Waals surface area contributed by atoms with Gasteiger partial charge in [0.25, 0.3) is 0 Å². The summed E-state index contributed by atoms with van der Waals surface area (Å²) in [6, 6.07) is 11.5. The van der Waals surface area contributed by atoms with Crippen molar-refractivity contribution in [3.8, 4) is 0 Å². The van der Waals surface area contributed by atoms with E-state index in [0.717, 1.165) is 43.9 Å². The van der Waals surface area contributed by atoms with E-state index in [1.54, 1.807) is 0 Å². The molecule has 0 aliphatic heterocycles. The fraction of sp³-hybridized carbons (Fsp3) is 0.632. The van der Waals surface area contributed by atoms with Gasteiger partial charge in [-0.05, 0) is 24.4 Å². The number of carbonyl (C=O) groups excluding carboxylic acids is 1. The van der Waals surface area contributed by atoms with Gasteiger partial charge in [0, 0.05) is 21.1 Å². The van der Waals surface area contributed by atoms with Crippen LogP contribution in [0.15, 0.2) is 30.3 Å². The lowest BCUT2D eigenvalue weighted by Gasteiger charge is -2.32. The Morgan fingerprint density at radius 1 is 1.09 bits per heavy atom. The van der Waals surface area contributed by atoms with Gasteiger partial charge in [0.2, 0.25) is 0 Å². The Balaban J connectivity index is 2.13. The van der Waals surface area contributed by atoms with Gasteiger partial charge in [0.15, 0.2) is 0 Å². The summed E-state index contributed by atoms with van der Waals surface area (Å²) < 4.78 is 6.05. The molecule has 1 aromatic carbocycles. The molecule has 0 radical (unpaired) electrons. The second-order valence-electron chi connectivity index (χ2n) is 7.80. The molecule has 0 heterocycles. The van der Waals surface area contributed by atoms with E-state index in [-0.39, 0.29) is 0 Å². The van der Waals surface area contributed by atoms with Crippen molar-refractivity contribution in [3.63, 3.8) is 0 Å². The number of hydrogen-bond donors (Lipinski definition) is 0. The minimum Gasteiger partial charge on any atom is -0.380 e. The van der Waals surface area contributed by atoms with Crippen LogP contribution in [0.3, 0.4) is 0 Å². The lowest BCUT2D eigenvalue weighted by atomic mass is 9.74. The predicted octanol–water partition coefficient (Wildman–Crippen LogP) is 4.81. The maximum atomic E-state index is 12.9. The van der Waals surface area contributed by atoms with Crippen LogP contribution >= 0.6 is 0 Å². The summed E-state index contributed by atoms with van der Waals surface area (Å²) in [7, 11) is -1.08. The van der Waals surface area contributed by atoms with Crippen LogP contribution in [0.1, 0.15) is 37.7 Å². The van der Waals surface area contributed by atoms with Gasteiger partial charge >= 0.3 is 0 Å². The van der Waals surface area contributed by atoms with Crippen molar-refractivity contribution in [2.75, 3.05) is 13.2 Å². The summed E-state index contributed by atoms with van der Waals surface area (Å²) in [5.41, 5.74) is 0.743. The standard InChI is InChI=1S/C19H30O2Si/c1-22(2,3)15-14-21-16-19(17-10-6-4-7-11-17)13-9-5-8-12-18(19)20/h4,6-7,10-11H,5,8-9,12-16H2,1-3H3. The van der Waals surface area contributed by atoms with Gasteiger partial charge in [-0.15, -0.1) is 0 Å². The van der Waals surface area contributed by atoms with E-state index in [0.29, 0.717) is 18.8 Å². The lowest BCUT2D eigenvalue weighted by Crippen LogP contribution is -2.40. The Labute approximate surface area is 136 Å². The highest BCUT2D eigenvalue weighted by Crippen LogP contribution is 2.36. The van der Waals surface area contributed by atoms with E-state index < -0.39 is 13.5 Å². The van der Waals surface area contributed by atoms with Crippen molar-refractivity contribution in [1.82, 2.24) is 0 Å². The molecule has 1 atom stereocenters. The highest BCUT2D eigenvalue weighted by molar-refractivity contribution is 6.76. The van der Waals surface area contributed by atoms with Gasteiger partial charge in [0.1, 0.15) is 5.78 Å². The highest BCUT2D eigenvalue weighted by atomic mass is 28.3. The van der Waals surface area contributed by atoms with E-state index in [4.69, 9.17) is 4.74 Å². The maximum Gasteiger partial charge on any atom is 0.145 e. The molecular formula is C19H30O2Si. The molecule has 0 spiro atoms. The Bertz CT molecular complexity index is 478. The number of benzene rings is 1. The molecule has 1 saturated carbocycles. The van der Waals surface area contributed by atoms with Gasteiger partial charge in [-0.3, -0.25) is 4.79 Å². The van der Waals surface area contributed by atoms with Crippen LogP contribution in [0.25, 0.3) is 0 Å². The monoisotopic (exact) mass is 318 g/mol. The molecule has 1 aliphatic carbocycles. The van der Waals surface area contributed by atoms with E-state index in [1.807, 2.05) is 18.2 Å². The number of carbonyl (C=O) groups is 1. The smallest absolute Gasteiger partial charge is 0.145 e. The predicted molar refractivity (Wildman–Crippen MR) is 95.2 cm³/mol. The first kappa shape index (κ1) is 17.4. The summed E-state index contributed by atoms with van der Waals surface area (Å²) in [6.45, 7) is 8.43. The first-order chi connectivity index (χ1) is 10.4. The summed E-state index contributed by atoms with van der Waals surface area (Å²) in [6.07, 6.45) is 4.95. The average Bonchev–Trinajstić information content (AvgIpc) is 2.67. The molecule has 122 valence electrons. The largest absolute Gasteiger partial charge is 0.380 e. The molecule has 22 heavy (non-hydrogen) atoms. The number of Topliss-reactive ketones (excluding diaryl/α,β-unsaturated/α-hetero) is 1. The molecule has 0 N–H and O–H groups in total. The molecule has 2 rings (SSSR count). The van der Waals surface area contributed by atoms with Gasteiger partial charge in [-0.2, -0.15) is 0 Å². The number of rotatable bonds is 6. The van der Waals surface area contributed by atoms with Gasteiger partial charge in [0.05, 0.1) is 12.0 Å². The Morgan fingerprint density at radius 3 is 2.50 bits per heavy atom. The normalized spacial score (nSPS) is 23.3. The fourth-order valence-electron chi connectivity index (χ4n) is 3.19. The summed E-state index contributed by atoms with van der Waals surface area (Å²) in [5, 5.41) is 0. The van der Waals surface area contributed by atoms with Crippen LogP contribution in [0, 0.1) is 0 Å². The molecule has 0 amide bonds. The zero-order chi connectivity index (χ0) is 16.1. The van der Waals surface area contributed by atoms with Crippen molar-refractivity contribution < 1.29 is 9.53 Å². The van der Waals surface area contributed by atoms with Crippen LogP contribution < -0.4 is 0 Å². The van der Waals surface area contributed by atoms with Crippen LogP contribution in [-0.2, 0) is 14.9 Å². The Kier molecular flexibility index (Phi) is 5.99. The van der Waals surface area contributed by atoms with Crippen molar-refractivity contribution in [2.45, 2.75) is 63.2 Å². The second-order valence-corrected chi connectivity index (χ2v) is 13.4. The molecule has 3 heteroatoms. The molecule has 2 nitrogen and oxygen atoms in total. The minimum absolute atomic E-state index is 0.379. The molecule has 0 aromatic heterocycles. The molecular weight excluding hydrogens is 288 g/mol. The fourth-order valence-corrected chi connectivity index (χ4v) is 3.95. The van der Waals surface area contributed by atoms with E-state index in [9.17, 15) is 4.79 Å². The molecule has 0 bridgehead atoms. The number of ketones is 1. The quantitative estimate of drug-likeness (QED) is 0.427. The van der Waals surface area contributed by atoms with Crippen LogP contribution in [-0.4, -0.2) is 27.1 Å². The highest BCUT2D eigenvalue weighted by Gasteiger charge is 2.40. The lowest BCUT2D eigenvalue weighted by molar-refractivity contribution is -0.127. The molecule has 0 saturated heterocycles. The van der Waals surface area contributed by atoms with E-state index in [2.05, 4.69) is 31.8 Å². The summed E-state index contributed by atoms with van der Waals surface area (Å²) >= 11 is 0.